The highest BCUT2D eigenvalue weighted by Gasteiger charge is 2.22. The molecule has 0 bridgehead atoms. The molecule has 5 rings (SSSR count). The smallest absolute Gasteiger partial charge is 0.270 e. The number of hydrogen-bond donors (Lipinski definition) is 1. The summed E-state index contributed by atoms with van der Waals surface area (Å²) in [6.45, 7) is 3.03. The van der Waals surface area contributed by atoms with Crippen LogP contribution < -0.4 is 5.32 Å². The molecular weight excluding hydrogens is 376 g/mol. The number of hydrogen-bond acceptors (Lipinski definition) is 4. The summed E-state index contributed by atoms with van der Waals surface area (Å²) in [4.78, 5) is 21.4. The van der Waals surface area contributed by atoms with Crippen LogP contribution in [0.4, 0.5) is 0 Å². The van der Waals surface area contributed by atoms with Gasteiger partial charge in [-0.1, -0.05) is 6.07 Å². The van der Waals surface area contributed by atoms with Gasteiger partial charge in [0.25, 0.3) is 5.91 Å². The Labute approximate surface area is 174 Å². The SMILES string of the molecule is Cc1nc2ccccn2c1C(=O)NCCn1nc(-c2ccncc2)c2c1CCCC2. The van der Waals surface area contributed by atoms with Gasteiger partial charge in [0.2, 0.25) is 0 Å². The first-order valence-electron chi connectivity index (χ1n) is 10.4. The van der Waals surface area contributed by atoms with Crippen molar-refractivity contribution in [2.75, 3.05) is 6.54 Å². The molecule has 4 aromatic heterocycles. The Bertz CT molecular complexity index is 1210. The number of rotatable bonds is 5. The van der Waals surface area contributed by atoms with Crippen molar-refractivity contribution in [3.8, 4) is 11.3 Å². The molecule has 0 unspecified atom stereocenters. The molecule has 30 heavy (non-hydrogen) atoms. The van der Waals surface area contributed by atoms with E-state index in [2.05, 4.69) is 20.0 Å². The van der Waals surface area contributed by atoms with Crippen LogP contribution in [-0.2, 0) is 19.4 Å². The fourth-order valence-corrected chi connectivity index (χ4v) is 4.34. The van der Waals surface area contributed by atoms with Gasteiger partial charge in [-0.05, 0) is 56.9 Å². The standard InChI is InChI=1S/C23H24N6O/c1-16-22(28-14-5-4-8-20(28)26-16)23(30)25-13-15-29-19-7-3-2-6-18(19)21(27-29)17-9-11-24-12-10-17/h4-5,8-12,14H,2-3,6-7,13,15H2,1H3,(H,25,30). The highest BCUT2D eigenvalue weighted by atomic mass is 16.1. The fourth-order valence-electron chi connectivity index (χ4n) is 4.34. The van der Waals surface area contributed by atoms with E-state index in [1.165, 1.54) is 24.1 Å². The third-order valence-corrected chi connectivity index (χ3v) is 5.74. The van der Waals surface area contributed by atoms with Crippen molar-refractivity contribution >= 4 is 11.6 Å². The fraction of sp³-hybridized carbons (Fsp3) is 0.304. The lowest BCUT2D eigenvalue weighted by atomic mass is 9.94. The van der Waals surface area contributed by atoms with Crippen LogP contribution in [0.1, 0.15) is 40.3 Å². The van der Waals surface area contributed by atoms with E-state index in [9.17, 15) is 4.79 Å². The summed E-state index contributed by atoms with van der Waals surface area (Å²) in [6.07, 6.45) is 9.95. The second kappa shape index (κ2) is 7.74. The minimum absolute atomic E-state index is 0.110. The Hall–Kier alpha value is -3.48. The van der Waals surface area contributed by atoms with E-state index in [0.717, 1.165) is 35.4 Å². The highest BCUT2D eigenvalue weighted by molar-refractivity contribution is 5.94. The van der Waals surface area contributed by atoms with Gasteiger partial charge in [-0.3, -0.25) is 18.9 Å². The summed E-state index contributed by atoms with van der Waals surface area (Å²) in [6, 6.07) is 9.75. The number of carbonyl (C=O) groups excluding carboxylic acids is 1. The van der Waals surface area contributed by atoms with Gasteiger partial charge in [0.1, 0.15) is 11.3 Å². The average molecular weight is 400 g/mol. The zero-order valence-electron chi connectivity index (χ0n) is 17.0. The predicted octanol–water partition coefficient (Wildman–Crippen LogP) is 3.21. The summed E-state index contributed by atoms with van der Waals surface area (Å²) >= 11 is 0. The van der Waals surface area contributed by atoms with E-state index >= 15 is 0 Å². The van der Waals surface area contributed by atoms with Crippen LogP contribution in [-0.4, -0.2) is 36.6 Å². The van der Waals surface area contributed by atoms with Crippen molar-refractivity contribution in [3.05, 3.63) is 71.6 Å². The van der Waals surface area contributed by atoms with Gasteiger partial charge in [0.05, 0.1) is 17.9 Å². The molecular formula is C23H24N6O. The van der Waals surface area contributed by atoms with Crippen molar-refractivity contribution in [1.29, 1.82) is 0 Å². The van der Waals surface area contributed by atoms with Crippen molar-refractivity contribution in [2.45, 2.75) is 39.2 Å². The minimum Gasteiger partial charge on any atom is -0.349 e. The van der Waals surface area contributed by atoms with Gasteiger partial charge in [-0.15, -0.1) is 0 Å². The van der Waals surface area contributed by atoms with Crippen LogP contribution in [0.15, 0.2) is 48.9 Å². The topological polar surface area (TPSA) is 77.1 Å². The van der Waals surface area contributed by atoms with E-state index < -0.39 is 0 Å². The zero-order chi connectivity index (χ0) is 20.5. The maximum Gasteiger partial charge on any atom is 0.270 e. The number of carbonyl (C=O) groups is 1. The Morgan fingerprint density at radius 2 is 1.97 bits per heavy atom. The predicted molar refractivity (Wildman–Crippen MR) is 114 cm³/mol. The number of fused-ring (bicyclic) bond motifs is 2. The van der Waals surface area contributed by atoms with E-state index in [4.69, 9.17) is 5.10 Å². The number of amides is 1. The normalized spacial score (nSPS) is 13.4. The second-order valence-electron chi connectivity index (χ2n) is 7.67. The molecule has 7 heteroatoms. The summed E-state index contributed by atoms with van der Waals surface area (Å²) in [5.74, 6) is -0.110. The van der Waals surface area contributed by atoms with E-state index in [-0.39, 0.29) is 5.91 Å². The first-order chi connectivity index (χ1) is 14.7. The average Bonchev–Trinajstić information content (AvgIpc) is 3.31. The van der Waals surface area contributed by atoms with Gasteiger partial charge in [0, 0.05) is 42.0 Å². The first-order valence-corrected chi connectivity index (χ1v) is 10.4. The van der Waals surface area contributed by atoms with Crippen molar-refractivity contribution in [1.82, 2.24) is 29.5 Å². The summed E-state index contributed by atoms with van der Waals surface area (Å²) < 4.78 is 3.91. The lowest BCUT2D eigenvalue weighted by molar-refractivity contribution is 0.0945. The summed E-state index contributed by atoms with van der Waals surface area (Å²) in [5, 5.41) is 7.96. The third kappa shape index (κ3) is 3.26. The summed E-state index contributed by atoms with van der Waals surface area (Å²) in [5.41, 5.74) is 6.90. The highest BCUT2D eigenvalue weighted by Crippen LogP contribution is 2.30. The molecule has 1 aliphatic rings. The quantitative estimate of drug-likeness (QED) is 0.558. The molecule has 4 heterocycles. The van der Waals surface area contributed by atoms with Gasteiger partial charge < -0.3 is 5.32 Å². The molecule has 1 aliphatic carbocycles. The molecule has 0 fully saturated rings. The molecule has 152 valence electrons. The largest absolute Gasteiger partial charge is 0.349 e. The molecule has 0 spiro atoms. The Morgan fingerprint density at radius 3 is 2.83 bits per heavy atom. The second-order valence-corrected chi connectivity index (χ2v) is 7.67. The van der Waals surface area contributed by atoms with Gasteiger partial charge in [-0.25, -0.2) is 4.98 Å². The summed E-state index contributed by atoms with van der Waals surface area (Å²) in [7, 11) is 0. The molecule has 0 radical (unpaired) electrons. The minimum atomic E-state index is -0.110. The Kier molecular flexibility index (Phi) is 4.78. The first kappa shape index (κ1) is 18.5. The van der Waals surface area contributed by atoms with Crippen LogP contribution in [0, 0.1) is 6.92 Å². The number of aryl methyl sites for hydroxylation is 1. The van der Waals surface area contributed by atoms with Crippen LogP contribution in [0.25, 0.3) is 16.9 Å². The van der Waals surface area contributed by atoms with Gasteiger partial charge >= 0.3 is 0 Å². The molecule has 4 aromatic rings. The van der Waals surface area contributed by atoms with Gasteiger partial charge in [-0.2, -0.15) is 5.10 Å². The molecule has 1 N–H and O–H groups in total. The Balaban J connectivity index is 1.35. The monoisotopic (exact) mass is 400 g/mol. The number of pyridine rings is 2. The van der Waals surface area contributed by atoms with Gasteiger partial charge in [0.15, 0.2) is 0 Å². The molecule has 0 saturated heterocycles. The van der Waals surface area contributed by atoms with E-state index in [1.807, 2.05) is 60.2 Å². The molecule has 1 amide bonds. The zero-order valence-corrected chi connectivity index (χ0v) is 17.0. The van der Waals surface area contributed by atoms with Crippen LogP contribution in [0.3, 0.4) is 0 Å². The molecule has 0 saturated carbocycles. The lowest BCUT2D eigenvalue weighted by Gasteiger charge is -2.14. The van der Waals surface area contributed by atoms with E-state index in [1.54, 1.807) is 0 Å². The maximum absolute atomic E-state index is 12.8. The van der Waals surface area contributed by atoms with Crippen molar-refractivity contribution in [3.63, 3.8) is 0 Å². The van der Waals surface area contributed by atoms with Crippen LogP contribution >= 0.6 is 0 Å². The number of imidazole rings is 1. The Morgan fingerprint density at radius 1 is 1.13 bits per heavy atom. The van der Waals surface area contributed by atoms with Crippen molar-refractivity contribution < 1.29 is 4.79 Å². The number of nitrogens with zero attached hydrogens (tertiary/aromatic N) is 5. The number of nitrogens with one attached hydrogen (secondary N) is 1. The van der Waals surface area contributed by atoms with E-state index in [0.29, 0.717) is 18.8 Å². The molecule has 0 aromatic carbocycles. The third-order valence-electron chi connectivity index (χ3n) is 5.74. The molecule has 7 nitrogen and oxygen atoms in total. The van der Waals surface area contributed by atoms with Crippen LogP contribution in [0.2, 0.25) is 0 Å². The number of aromatic nitrogens is 5. The van der Waals surface area contributed by atoms with Crippen molar-refractivity contribution in [2.24, 2.45) is 0 Å². The maximum atomic E-state index is 12.8. The molecule has 0 atom stereocenters. The van der Waals surface area contributed by atoms with Crippen LogP contribution in [0.5, 0.6) is 0 Å². The molecule has 0 aliphatic heterocycles. The lowest BCUT2D eigenvalue weighted by Crippen LogP contribution is -2.29.